The van der Waals surface area contributed by atoms with Crippen molar-refractivity contribution in [3.63, 3.8) is 0 Å². The van der Waals surface area contributed by atoms with Gasteiger partial charge in [-0.1, -0.05) is 13.0 Å². The van der Waals surface area contributed by atoms with Crippen molar-refractivity contribution >= 4 is 22.8 Å². The molecule has 34 heavy (non-hydrogen) atoms. The third kappa shape index (κ3) is 5.52. The highest BCUT2D eigenvalue weighted by molar-refractivity contribution is 5.99. The standard InChI is InChI=1S/C25H27F3N2O4/c1-15(25(26,27)28)9-10-29-23(31)17-7-8-21-20(12-17)19(14-30(21)2)11-16-5-6-18(24(32)34-4)13-22(16)33-3/h5-8,12-15H,9-11H2,1-4H3,(H,29,31). The van der Waals surface area contributed by atoms with Crippen LogP contribution in [0.1, 0.15) is 45.2 Å². The fourth-order valence-corrected chi connectivity index (χ4v) is 3.76. The summed E-state index contributed by atoms with van der Waals surface area (Å²) in [5, 5.41) is 3.42. The van der Waals surface area contributed by atoms with Crippen LogP contribution in [0, 0.1) is 5.92 Å². The zero-order chi connectivity index (χ0) is 25.0. The van der Waals surface area contributed by atoms with Crippen LogP contribution in [0.15, 0.2) is 42.6 Å². The molecule has 1 unspecified atom stereocenters. The molecule has 1 atom stereocenters. The predicted octanol–water partition coefficient (Wildman–Crippen LogP) is 4.88. The molecule has 1 aromatic heterocycles. The molecule has 0 aliphatic rings. The highest BCUT2D eigenvalue weighted by atomic mass is 19.4. The molecule has 2 aromatic carbocycles. The molecule has 1 N–H and O–H groups in total. The van der Waals surface area contributed by atoms with E-state index in [2.05, 4.69) is 5.32 Å². The molecule has 9 heteroatoms. The molecule has 3 rings (SSSR count). The molecule has 1 amide bonds. The van der Waals surface area contributed by atoms with Gasteiger partial charge in [-0.25, -0.2) is 4.79 Å². The van der Waals surface area contributed by atoms with E-state index in [9.17, 15) is 22.8 Å². The Bertz CT molecular complexity index is 1200. The number of methoxy groups -OCH3 is 2. The Kier molecular flexibility index (Phi) is 7.54. The van der Waals surface area contributed by atoms with Gasteiger partial charge < -0.3 is 19.4 Å². The summed E-state index contributed by atoms with van der Waals surface area (Å²) in [6, 6.07) is 10.3. The van der Waals surface area contributed by atoms with Gasteiger partial charge in [0.25, 0.3) is 5.91 Å². The first-order valence-corrected chi connectivity index (χ1v) is 10.7. The number of aromatic nitrogens is 1. The largest absolute Gasteiger partial charge is 0.496 e. The zero-order valence-corrected chi connectivity index (χ0v) is 19.5. The van der Waals surface area contributed by atoms with E-state index in [0.717, 1.165) is 29.0 Å². The average molecular weight is 476 g/mol. The Hall–Kier alpha value is -3.49. The molecule has 0 spiro atoms. The molecule has 6 nitrogen and oxygen atoms in total. The maximum Gasteiger partial charge on any atom is 0.391 e. The molecule has 1 heterocycles. The van der Waals surface area contributed by atoms with Gasteiger partial charge >= 0.3 is 12.1 Å². The van der Waals surface area contributed by atoms with Crippen molar-refractivity contribution in [2.75, 3.05) is 20.8 Å². The van der Waals surface area contributed by atoms with E-state index in [0.29, 0.717) is 23.3 Å². The number of rotatable bonds is 8. The number of alkyl halides is 3. The highest BCUT2D eigenvalue weighted by Crippen LogP contribution is 2.30. The van der Waals surface area contributed by atoms with Gasteiger partial charge in [0.05, 0.1) is 25.7 Å². The number of amides is 1. The Morgan fingerprint density at radius 1 is 1.06 bits per heavy atom. The van der Waals surface area contributed by atoms with E-state index in [-0.39, 0.29) is 13.0 Å². The number of nitrogens with zero attached hydrogens (tertiary/aromatic N) is 1. The van der Waals surface area contributed by atoms with Gasteiger partial charge in [0, 0.05) is 42.7 Å². The van der Waals surface area contributed by atoms with Gasteiger partial charge in [-0.15, -0.1) is 0 Å². The summed E-state index contributed by atoms with van der Waals surface area (Å²) >= 11 is 0. The quantitative estimate of drug-likeness (QED) is 0.471. The minimum absolute atomic E-state index is 0.0665. The van der Waals surface area contributed by atoms with Crippen LogP contribution in [0.5, 0.6) is 5.75 Å². The van der Waals surface area contributed by atoms with Crippen LogP contribution in [0.2, 0.25) is 0 Å². The summed E-state index contributed by atoms with van der Waals surface area (Å²) in [6.45, 7) is 1.03. The molecule has 0 aliphatic heterocycles. The van der Waals surface area contributed by atoms with Gasteiger partial charge in [-0.05, 0) is 47.9 Å². The molecule has 182 valence electrons. The van der Waals surface area contributed by atoms with Crippen molar-refractivity contribution < 1.29 is 32.2 Å². The van der Waals surface area contributed by atoms with Gasteiger partial charge in [-0.2, -0.15) is 13.2 Å². The van der Waals surface area contributed by atoms with Crippen LogP contribution < -0.4 is 10.1 Å². The minimum Gasteiger partial charge on any atom is -0.496 e. The average Bonchev–Trinajstić information content (AvgIpc) is 3.12. The second-order valence-electron chi connectivity index (χ2n) is 8.18. The second-order valence-corrected chi connectivity index (χ2v) is 8.18. The first kappa shape index (κ1) is 25.1. The molecular formula is C25H27F3N2O4. The normalized spacial score (nSPS) is 12.4. The monoisotopic (exact) mass is 476 g/mol. The molecule has 0 fully saturated rings. The summed E-state index contributed by atoms with van der Waals surface area (Å²) in [7, 11) is 4.72. The van der Waals surface area contributed by atoms with E-state index in [4.69, 9.17) is 9.47 Å². The zero-order valence-electron chi connectivity index (χ0n) is 19.5. The van der Waals surface area contributed by atoms with Gasteiger partial charge in [-0.3, -0.25) is 4.79 Å². The summed E-state index contributed by atoms with van der Waals surface area (Å²) in [6.07, 6.45) is -2.03. The topological polar surface area (TPSA) is 69.6 Å². The lowest BCUT2D eigenvalue weighted by atomic mass is 10.0. The van der Waals surface area contributed by atoms with Crippen LogP contribution in [-0.2, 0) is 18.2 Å². The SMILES string of the molecule is COC(=O)c1ccc(Cc2cn(C)c3ccc(C(=O)NCCC(C)C(F)(F)F)cc23)c(OC)c1. The molecule has 0 saturated heterocycles. The highest BCUT2D eigenvalue weighted by Gasteiger charge is 2.35. The Balaban J connectivity index is 1.83. The molecule has 0 saturated carbocycles. The second kappa shape index (κ2) is 10.2. The number of hydrogen-bond acceptors (Lipinski definition) is 4. The number of nitrogens with one attached hydrogen (secondary N) is 1. The van der Waals surface area contributed by atoms with E-state index in [1.165, 1.54) is 14.2 Å². The lowest BCUT2D eigenvalue weighted by Crippen LogP contribution is -2.29. The summed E-state index contributed by atoms with van der Waals surface area (Å²) in [5.74, 6) is -1.84. The molecule has 0 bridgehead atoms. The number of esters is 1. The molecule has 3 aromatic rings. The van der Waals surface area contributed by atoms with Crippen molar-refractivity contribution in [3.05, 3.63) is 64.8 Å². The fraction of sp³-hybridized carbons (Fsp3) is 0.360. The lowest BCUT2D eigenvalue weighted by Gasteiger charge is -2.15. The molecular weight excluding hydrogens is 449 g/mol. The maximum absolute atomic E-state index is 12.7. The van der Waals surface area contributed by atoms with Crippen LogP contribution in [0.4, 0.5) is 13.2 Å². The predicted molar refractivity (Wildman–Crippen MR) is 122 cm³/mol. The Labute approximate surface area is 195 Å². The third-order valence-electron chi connectivity index (χ3n) is 5.84. The van der Waals surface area contributed by atoms with Crippen molar-refractivity contribution in [2.45, 2.75) is 25.9 Å². The maximum atomic E-state index is 12.7. The van der Waals surface area contributed by atoms with Crippen molar-refractivity contribution in [1.29, 1.82) is 0 Å². The lowest BCUT2D eigenvalue weighted by molar-refractivity contribution is -0.170. The summed E-state index contributed by atoms with van der Waals surface area (Å²) < 4.78 is 50.2. The summed E-state index contributed by atoms with van der Waals surface area (Å²) in [5.41, 5.74) is 3.43. The van der Waals surface area contributed by atoms with Gasteiger partial charge in [0.15, 0.2) is 0 Å². The minimum atomic E-state index is -4.28. The Morgan fingerprint density at radius 2 is 1.76 bits per heavy atom. The number of hydrogen-bond donors (Lipinski definition) is 1. The Morgan fingerprint density at radius 3 is 2.41 bits per heavy atom. The number of carbonyl (C=O) groups is 2. The van der Waals surface area contributed by atoms with Crippen molar-refractivity contribution in [1.82, 2.24) is 9.88 Å². The van der Waals surface area contributed by atoms with E-state index in [1.54, 1.807) is 30.3 Å². The number of carbonyl (C=O) groups excluding carboxylic acids is 2. The smallest absolute Gasteiger partial charge is 0.391 e. The van der Waals surface area contributed by atoms with Crippen molar-refractivity contribution in [3.8, 4) is 5.75 Å². The number of aryl methyl sites for hydroxylation is 1. The number of ether oxygens (including phenoxy) is 2. The first-order chi connectivity index (χ1) is 16.0. The van der Waals surface area contributed by atoms with Crippen LogP contribution >= 0.6 is 0 Å². The van der Waals surface area contributed by atoms with E-state index < -0.39 is 24.0 Å². The summed E-state index contributed by atoms with van der Waals surface area (Å²) in [4.78, 5) is 24.4. The van der Waals surface area contributed by atoms with Crippen LogP contribution in [0.3, 0.4) is 0 Å². The van der Waals surface area contributed by atoms with Crippen LogP contribution in [-0.4, -0.2) is 43.4 Å². The van der Waals surface area contributed by atoms with E-state index >= 15 is 0 Å². The number of fused-ring (bicyclic) bond motifs is 1. The molecule has 0 aliphatic carbocycles. The fourth-order valence-electron chi connectivity index (χ4n) is 3.76. The molecule has 0 radical (unpaired) electrons. The van der Waals surface area contributed by atoms with Crippen molar-refractivity contribution in [2.24, 2.45) is 13.0 Å². The number of benzene rings is 2. The van der Waals surface area contributed by atoms with Gasteiger partial charge in [0.2, 0.25) is 0 Å². The number of halogens is 3. The van der Waals surface area contributed by atoms with E-state index in [1.807, 2.05) is 23.9 Å². The first-order valence-electron chi connectivity index (χ1n) is 10.7. The van der Waals surface area contributed by atoms with Gasteiger partial charge in [0.1, 0.15) is 5.75 Å². The van der Waals surface area contributed by atoms with Crippen LogP contribution in [0.25, 0.3) is 10.9 Å². The third-order valence-corrected chi connectivity index (χ3v) is 5.84.